The number of nitrogens with two attached hydrogens (primary N) is 1. The molecule has 0 aliphatic rings. The molecule has 0 aliphatic heterocycles. The van der Waals surface area contributed by atoms with Gasteiger partial charge in [-0.25, -0.2) is 0 Å². The van der Waals surface area contributed by atoms with Crippen LogP contribution in [0, 0.1) is 11.8 Å². The molecule has 33 heavy (non-hydrogen) atoms. The molecule has 0 fully saturated rings. The van der Waals surface area contributed by atoms with Crippen molar-refractivity contribution >= 4 is 23.6 Å². The van der Waals surface area contributed by atoms with Gasteiger partial charge in [-0.3, -0.25) is 19.2 Å². The maximum atomic E-state index is 13.1. The topological polar surface area (TPSA) is 140 Å². The Morgan fingerprint density at radius 3 is 1.94 bits per heavy atom. The Morgan fingerprint density at radius 2 is 1.45 bits per heavy atom. The van der Waals surface area contributed by atoms with Gasteiger partial charge in [-0.2, -0.15) is 0 Å². The molecule has 0 radical (unpaired) electrons. The van der Waals surface area contributed by atoms with Crippen LogP contribution >= 0.6 is 0 Å². The van der Waals surface area contributed by atoms with Crippen LogP contribution in [0.4, 0.5) is 0 Å². The zero-order chi connectivity index (χ0) is 25.1. The number of ether oxygens (including phenoxy) is 1. The summed E-state index contributed by atoms with van der Waals surface area (Å²) >= 11 is 0. The van der Waals surface area contributed by atoms with Gasteiger partial charge in [0.2, 0.25) is 23.6 Å². The second-order valence-corrected chi connectivity index (χ2v) is 9.00. The summed E-state index contributed by atoms with van der Waals surface area (Å²) in [5.74, 6) is -2.24. The zero-order valence-electron chi connectivity index (χ0n) is 20.4. The number of hydrogen-bond acceptors (Lipinski definition) is 5. The van der Waals surface area contributed by atoms with Gasteiger partial charge in [0, 0.05) is 6.92 Å². The fourth-order valence-corrected chi connectivity index (χ4v) is 3.27. The zero-order valence-corrected chi connectivity index (χ0v) is 20.4. The molecule has 4 atom stereocenters. The fraction of sp³-hybridized carbons (Fsp3) is 0.583. The number of rotatable bonds is 13. The quantitative estimate of drug-likeness (QED) is 0.349. The van der Waals surface area contributed by atoms with Crippen LogP contribution in [-0.4, -0.2) is 47.9 Å². The second kappa shape index (κ2) is 13.6. The highest BCUT2D eigenvalue weighted by Crippen LogP contribution is 2.10. The number of benzene rings is 1. The van der Waals surface area contributed by atoms with Gasteiger partial charge in [-0.15, -0.1) is 0 Å². The second-order valence-electron chi connectivity index (χ2n) is 9.00. The number of amides is 4. The average molecular weight is 463 g/mol. The largest absolute Gasteiger partial charge is 0.371 e. The van der Waals surface area contributed by atoms with E-state index in [1.54, 1.807) is 20.8 Å². The summed E-state index contributed by atoms with van der Waals surface area (Å²) in [6, 6.07) is 6.66. The minimum absolute atomic E-state index is 0.140. The van der Waals surface area contributed by atoms with E-state index >= 15 is 0 Å². The number of nitrogens with one attached hydrogen (secondary N) is 3. The van der Waals surface area contributed by atoms with Crippen LogP contribution in [0.15, 0.2) is 30.3 Å². The maximum Gasteiger partial charge on any atom is 0.245 e. The molecule has 9 heteroatoms. The number of primary amides is 1. The molecule has 0 saturated carbocycles. The highest BCUT2D eigenvalue weighted by Gasteiger charge is 2.33. The molecule has 0 saturated heterocycles. The normalized spacial score (nSPS) is 14.8. The SMILES string of the molecule is CC(=O)N[C@H](C(=O)N[C@H](C(=O)N[C@@H](CC(C)C)C(N)=O)C(C)C)[C@@H](C)OCc1ccccc1. The van der Waals surface area contributed by atoms with Crippen molar-refractivity contribution in [3.63, 3.8) is 0 Å². The van der Waals surface area contributed by atoms with Crippen LogP contribution in [0.5, 0.6) is 0 Å². The van der Waals surface area contributed by atoms with E-state index in [9.17, 15) is 19.2 Å². The molecular formula is C24H38N4O5. The highest BCUT2D eigenvalue weighted by atomic mass is 16.5. The van der Waals surface area contributed by atoms with E-state index in [0.29, 0.717) is 6.42 Å². The number of carbonyl (C=O) groups is 4. The molecule has 1 aromatic carbocycles. The first-order valence-electron chi connectivity index (χ1n) is 11.2. The Hall–Kier alpha value is -2.94. The lowest BCUT2D eigenvalue weighted by Gasteiger charge is -2.29. The Bertz CT molecular complexity index is 797. The molecular weight excluding hydrogens is 424 g/mol. The summed E-state index contributed by atoms with van der Waals surface area (Å²) in [4.78, 5) is 49.4. The Kier molecular flexibility index (Phi) is 11.6. The summed E-state index contributed by atoms with van der Waals surface area (Å²) in [5, 5.41) is 7.95. The summed E-state index contributed by atoms with van der Waals surface area (Å²) in [6.07, 6.45) is -0.275. The average Bonchev–Trinajstić information content (AvgIpc) is 2.73. The van der Waals surface area contributed by atoms with Crippen molar-refractivity contribution in [2.75, 3.05) is 0 Å². The predicted octanol–water partition coefficient (Wildman–Crippen LogP) is 1.25. The minimum atomic E-state index is -1.01. The first-order chi connectivity index (χ1) is 15.4. The van der Waals surface area contributed by atoms with Gasteiger partial charge in [-0.05, 0) is 30.7 Å². The van der Waals surface area contributed by atoms with Gasteiger partial charge in [0.15, 0.2) is 0 Å². The van der Waals surface area contributed by atoms with E-state index in [0.717, 1.165) is 5.56 Å². The lowest BCUT2D eigenvalue weighted by molar-refractivity contribution is -0.136. The van der Waals surface area contributed by atoms with Crippen LogP contribution in [0.25, 0.3) is 0 Å². The maximum absolute atomic E-state index is 13.1. The van der Waals surface area contributed by atoms with Gasteiger partial charge in [0.25, 0.3) is 0 Å². The van der Waals surface area contributed by atoms with E-state index in [4.69, 9.17) is 10.5 Å². The molecule has 1 rings (SSSR count). The van der Waals surface area contributed by atoms with Gasteiger partial charge in [0.05, 0.1) is 12.7 Å². The monoisotopic (exact) mass is 462 g/mol. The smallest absolute Gasteiger partial charge is 0.245 e. The first kappa shape index (κ1) is 28.1. The van der Waals surface area contributed by atoms with E-state index in [1.165, 1.54) is 6.92 Å². The fourth-order valence-electron chi connectivity index (χ4n) is 3.27. The Balaban J connectivity index is 2.92. The molecule has 9 nitrogen and oxygen atoms in total. The van der Waals surface area contributed by atoms with Crippen LogP contribution in [0.2, 0.25) is 0 Å². The van der Waals surface area contributed by atoms with Crippen LogP contribution < -0.4 is 21.7 Å². The summed E-state index contributed by atoms with van der Waals surface area (Å²) < 4.78 is 5.82. The van der Waals surface area contributed by atoms with Gasteiger partial charge < -0.3 is 26.4 Å². The molecule has 0 spiro atoms. The van der Waals surface area contributed by atoms with E-state index < -0.39 is 47.9 Å². The van der Waals surface area contributed by atoms with Crippen molar-refractivity contribution in [2.45, 2.75) is 78.8 Å². The molecule has 4 amide bonds. The molecule has 1 aromatic rings. The molecule has 5 N–H and O–H groups in total. The molecule has 0 aliphatic carbocycles. The van der Waals surface area contributed by atoms with Crippen molar-refractivity contribution in [2.24, 2.45) is 17.6 Å². The lowest BCUT2D eigenvalue weighted by atomic mass is 9.99. The number of hydrogen-bond donors (Lipinski definition) is 4. The van der Waals surface area contributed by atoms with Crippen molar-refractivity contribution in [3.05, 3.63) is 35.9 Å². The molecule has 0 heterocycles. The third kappa shape index (κ3) is 10.0. The summed E-state index contributed by atoms with van der Waals surface area (Å²) in [7, 11) is 0. The van der Waals surface area contributed by atoms with Gasteiger partial charge in [0.1, 0.15) is 18.1 Å². The van der Waals surface area contributed by atoms with Crippen LogP contribution in [0.3, 0.4) is 0 Å². The van der Waals surface area contributed by atoms with E-state index in [2.05, 4.69) is 16.0 Å². The Morgan fingerprint density at radius 1 is 0.879 bits per heavy atom. The summed E-state index contributed by atoms with van der Waals surface area (Å²) in [6.45, 7) is 10.6. The van der Waals surface area contributed by atoms with Gasteiger partial charge in [-0.1, -0.05) is 58.0 Å². The lowest BCUT2D eigenvalue weighted by Crippen LogP contribution is -2.60. The van der Waals surface area contributed by atoms with Crippen molar-refractivity contribution < 1.29 is 23.9 Å². The first-order valence-corrected chi connectivity index (χ1v) is 11.2. The van der Waals surface area contributed by atoms with Crippen molar-refractivity contribution in [3.8, 4) is 0 Å². The minimum Gasteiger partial charge on any atom is -0.371 e. The number of carbonyl (C=O) groups excluding carboxylic acids is 4. The van der Waals surface area contributed by atoms with E-state index in [1.807, 2.05) is 44.2 Å². The molecule has 0 aromatic heterocycles. The van der Waals surface area contributed by atoms with Crippen LogP contribution in [-0.2, 0) is 30.5 Å². The summed E-state index contributed by atoms with van der Waals surface area (Å²) in [5.41, 5.74) is 6.35. The third-order valence-electron chi connectivity index (χ3n) is 5.08. The van der Waals surface area contributed by atoms with E-state index in [-0.39, 0.29) is 18.4 Å². The predicted molar refractivity (Wildman–Crippen MR) is 126 cm³/mol. The Labute approximate surface area is 196 Å². The standard InChI is InChI=1S/C24H38N4O5/c1-14(2)12-19(22(25)30)27-23(31)20(15(3)4)28-24(32)21(26-17(6)29)16(5)33-13-18-10-8-7-9-11-18/h7-11,14-16,19-21H,12-13H2,1-6H3,(H2,25,30)(H,26,29)(H,27,31)(H,28,32)/t16-,19+,20+,21+/m1/s1. The molecule has 184 valence electrons. The van der Waals surface area contributed by atoms with Crippen molar-refractivity contribution in [1.29, 1.82) is 0 Å². The van der Waals surface area contributed by atoms with Crippen LogP contribution in [0.1, 0.15) is 53.5 Å². The third-order valence-corrected chi connectivity index (χ3v) is 5.08. The van der Waals surface area contributed by atoms with Gasteiger partial charge >= 0.3 is 0 Å². The molecule has 0 bridgehead atoms. The van der Waals surface area contributed by atoms with Crippen molar-refractivity contribution in [1.82, 2.24) is 16.0 Å². The molecule has 0 unspecified atom stereocenters. The highest BCUT2D eigenvalue weighted by molar-refractivity contribution is 5.94.